The molecule has 0 saturated carbocycles. The molecule has 1 amide bonds. The fourth-order valence-electron chi connectivity index (χ4n) is 2.62. The molecule has 1 unspecified atom stereocenters. The van der Waals surface area contributed by atoms with Crippen LogP contribution in [0.15, 0.2) is 48.5 Å². The molecule has 4 heteroatoms. The number of ether oxygens (including phenoxy) is 1. The average molecular weight is 322 g/mol. The smallest absolute Gasteiger partial charge is 0.260 e. The third kappa shape index (κ3) is 4.36. The molecule has 0 saturated heterocycles. The van der Waals surface area contributed by atoms with Crippen molar-refractivity contribution < 1.29 is 9.53 Å². The monoisotopic (exact) mass is 322 g/mol. The highest BCUT2D eigenvalue weighted by molar-refractivity contribution is 5.78. The van der Waals surface area contributed by atoms with E-state index in [1.807, 2.05) is 57.2 Å². The minimum atomic E-state index is -0.0728. The highest BCUT2D eigenvalue weighted by atomic mass is 16.5. The number of rotatable bonds is 6. The number of carbonyl (C=O) groups is 1. The van der Waals surface area contributed by atoms with Gasteiger partial charge in [-0.05, 0) is 56.2 Å². The van der Waals surface area contributed by atoms with E-state index in [-0.39, 0.29) is 18.6 Å². The molecule has 1 atom stereocenters. The fraction of sp³-hybridized carbons (Fsp3) is 0.300. The van der Waals surface area contributed by atoms with Gasteiger partial charge in [0.1, 0.15) is 5.75 Å². The second kappa shape index (κ2) is 8.16. The topological polar surface area (TPSA) is 53.3 Å². The first-order valence-corrected chi connectivity index (χ1v) is 8.04. The zero-order valence-corrected chi connectivity index (χ0v) is 14.3. The number of aryl methyl sites for hydroxylation is 1. The summed E-state index contributed by atoms with van der Waals surface area (Å²) in [5.74, 6) is 0.640. The van der Waals surface area contributed by atoms with Gasteiger partial charge in [0.15, 0.2) is 6.61 Å². The third-order valence-corrected chi connectivity index (χ3v) is 4.00. The molecular formula is C20H22N2O2. The molecule has 0 N–H and O–H groups in total. The Balaban J connectivity index is 2.03. The van der Waals surface area contributed by atoms with Crippen molar-refractivity contribution in [3.63, 3.8) is 0 Å². The first-order chi connectivity index (χ1) is 11.5. The van der Waals surface area contributed by atoms with E-state index in [0.717, 1.165) is 11.1 Å². The molecular weight excluding hydrogens is 300 g/mol. The molecule has 0 aromatic heterocycles. The lowest BCUT2D eigenvalue weighted by Gasteiger charge is -2.28. The van der Waals surface area contributed by atoms with E-state index in [2.05, 4.69) is 6.07 Å². The lowest BCUT2D eigenvalue weighted by molar-refractivity contribution is -0.135. The Morgan fingerprint density at radius 2 is 1.96 bits per heavy atom. The van der Waals surface area contributed by atoms with Crippen molar-refractivity contribution in [1.29, 1.82) is 5.26 Å². The zero-order valence-electron chi connectivity index (χ0n) is 14.3. The highest BCUT2D eigenvalue weighted by Gasteiger charge is 2.20. The Hall–Kier alpha value is -2.80. The summed E-state index contributed by atoms with van der Waals surface area (Å²) >= 11 is 0. The van der Waals surface area contributed by atoms with Crippen LogP contribution in [0, 0.1) is 18.3 Å². The molecule has 4 nitrogen and oxygen atoms in total. The maximum absolute atomic E-state index is 12.5. The third-order valence-electron chi connectivity index (χ3n) is 4.00. The van der Waals surface area contributed by atoms with Gasteiger partial charge in [0.05, 0.1) is 17.7 Å². The van der Waals surface area contributed by atoms with Crippen LogP contribution in [0.1, 0.15) is 36.6 Å². The largest absolute Gasteiger partial charge is 0.484 e. The van der Waals surface area contributed by atoms with E-state index >= 15 is 0 Å². The summed E-state index contributed by atoms with van der Waals surface area (Å²) in [6.45, 7) is 6.52. The van der Waals surface area contributed by atoms with Gasteiger partial charge in [-0.25, -0.2) is 0 Å². The van der Waals surface area contributed by atoms with Crippen LogP contribution in [-0.2, 0) is 4.79 Å². The molecule has 0 aliphatic carbocycles. The van der Waals surface area contributed by atoms with Crippen molar-refractivity contribution in [1.82, 2.24) is 4.90 Å². The number of benzene rings is 2. The first kappa shape index (κ1) is 17.6. The average Bonchev–Trinajstić information content (AvgIpc) is 2.60. The lowest BCUT2D eigenvalue weighted by Crippen LogP contribution is -2.36. The van der Waals surface area contributed by atoms with Gasteiger partial charge in [0.25, 0.3) is 5.91 Å². The molecule has 0 aliphatic rings. The van der Waals surface area contributed by atoms with Gasteiger partial charge in [0, 0.05) is 6.54 Å². The van der Waals surface area contributed by atoms with Crippen molar-refractivity contribution >= 4 is 5.91 Å². The van der Waals surface area contributed by atoms with Crippen LogP contribution in [0.2, 0.25) is 0 Å². The summed E-state index contributed by atoms with van der Waals surface area (Å²) in [6.07, 6.45) is 0. The van der Waals surface area contributed by atoms with Crippen molar-refractivity contribution in [3.05, 3.63) is 65.2 Å². The predicted molar refractivity (Wildman–Crippen MR) is 93.6 cm³/mol. The van der Waals surface area contributed by atoms with Gasteiger partial charge < -0.3 is 9.64 Å². The van der Waals surface area contributed by atoms with Crippen LogP contribution in [0.3, 0.4) is 0 Å². The molecule has 2 aromatic carbocycles. The van der Waals surface area contributed by atoms with Gasteiger partial charge in [-0.1, -0.05) is 24.3 Å². The van der Waals surface area contributed by atoms with Gasteiger partial charge in [-0.2, -0.15) is 5.26 Å². The van der Waals surface area contributed by atoms with Gasteiger partial charge in [-0.3, -0.25) is 4.79 Å². The second-order valence-corrected chi connectivity index (χ2v) is 5.69. The van der Waals surface area contributed by atoms with Crippen LogP contribution in [0.25, 0.3) is 0 Å². The molecule has 0 fully saturated rings. The standard InChI is InChI=1S/C20H22N2O2/c1-4-22(16(3)18-10-8-17(13-21)9-11-18)20(23)14-24-19-7-5-6-15(2)12-19/h5-12,16H,4,14H2,1-3H3. The van der Waals surface area contributed by atoms with Crippen LogP contribution in [0.4, 0.5) is 0 Å². The van der Waals surface area contributed by atoms with Crippen LogP contribution >= 0.6 is 0 Å². The van der Waals surface area contributed by atoms with Crippen molar-refractivity contribution in [2.75, 3.05) is 13.2 Å². The SMILES string of the molecule is CCN(C(=O)COc1cccc(C)c1)C(C)c1ccc(C#N)cc1. The van der Waals surface area contributed by atoms with Gasteiger partial charge >= 0.3 is 0 Å². The van der Waals surface area contributed by atoms with Crippen LogP contribution in [0.5, 0.6) is 5.75 Å². The fourth-order valence-corrected chi connectivity index (χ4v) is 2.62. The molecule has 0 radical (unpaired) electrons. The Kier molecular flexibility index (Phi) is 5.97. The molecule has 0 aliphatic heterocycles. The normalized spacial score (nSPS) is 11.4. The molecule has 2 aromatic rings. The van der Waals surface area contributed by atoms with Crippen molar-refractivity contribution in [2.24, 2.45) is 0 Å². The van der Waals surface area contributed by atoms with Crippen LogP contribution < -0.4 is 4.74 Å². The van der Waals surface area contributed by atoms with E-state index in [0.29, 0.717) is 17.9 Å². The highest BCUT2D eigenvalue weighted by Crippen LogP contribution is 2.21. The van der Waals surface area contributed by atoms with E-state index in [1.165, 1.54) is 0 Å². The molecule has 124 valence electrons. The second-order valence-electron chi connectivity index (χ2n) is 5.69. The van der Waals surface area contributed by atoms with E-state index in [4.69, 9.17) is 10.00 Å². The molecule has 0 bridgehead atoms. The summed E-state index contributed by atoms with van der Waals surface area (Å²) in [4.78, 5) is 14.3. The molecule has 0 spiro atoms. The van der Waals surface area contributed by atoms with Crippen LogP contribution in [-0.4, -0.2) is 24.0 Å². The van der Waals surface area contributed by atoms with Gasteiger partial charge in [-0.15, -0.1) is 0 Å². The minimum absolute atomic E-state index is 0.0118. The Morgan fingerprint density at radius 1 is 1.25 bits per heavy atom. The maximum atomic E-state index is 12.5. The number of hydrogen-bond acceptors (Lipinski definition) is 3. The Morgan fingerprint density at radius 3 is 2.54 bits per heavy atom. The first-order valence-electron chi connectivity index (χ1n) is 8.04. The minimum Gasteiger partial charge on any atom is -0.484 e. The summed E-state index contributed by atoms with van der Waals surface area (Å²) in [7, 11) is 0. The Labute approximate surface area is 143 Å². The summed E-state index contributed by atoms with van der Waals surface area (Å²) in [6, 6.07) is 17.0. The number of hydrogen-bond donors (Lipinski definition) is 0. The number of carbonyl (C=O) groups excluding carboxylic acids is 1. The quantitative estimate of drug-likeness (QED) is 0.811. The molecule has 2 rings (SSSR count). The van der Waals surface area contributed by atoms with E-state index < -0.39 is 0 Å². The number of amides is 1. The number of nitrogens with zero attached hydrogens (tertiary/aromatic N) is 2. The van der Waals surface area contributed by atoms with Crippen molar-refractivity contribution in [3.8, 4) is 11.8 Å². The Bertz CT molecular complexity index is 732. The zero-order chi connectivity index (χ0) is 17.5. The summed E-state index contributed by atoms with van der Waals surface area (Å²) in [5.41, 5.74) is 2.71. The number of nitriles is 1. The lowest BCUT2D eigenvalue weighted by atomic mass is 10.0. The maximum Gasteiger partial charge on any atom is 0.260 e. The molecule has 0 heterocycles. The predicted octanol–water partition coefficient (Wildman–Crippen LogP) is 3.86. The van der Waals surface area contributed by atoms with Crippen molar-refractivity contribution in [2.45, 2.75) is 26.8 Å². The number of likely N-dealkylation sites (N-methyl/N-ethyl adjacent to an activating group) is 1. The summed E-state index contributed by atoms with van der Waals surface area (Å²) < 4.78 is 5.62. The van der Waals surface area contributed by atoms with Gasteiger partial charge in [0.2, 0.25) is 0 Å². The van der Waals surface area contributed by atoms with E-state index in [9.17, 15) is 4.79 Å². The summed E-state index contributed by atoms with van der Waals surface area (Å²) in [5, 5.41) is 8.88. The molecule has 24 heavy (non-hydrogen) atoms. The van der Waals surface area contributed by atoms with E-state index in [1.54, 1.807) is 17.0 Å².